The highest BCUT2D eigenvalue weighted by atomic mass is 16.3. The average Bonchev–Trinajstić information content (AvgIpc) is 2.83. The van der Waals surface area contributed by atoms with E-state index in [2.05, 4.69) is 0 Å². The Morgan fingerprint density at radius 1 is 0.528 bits per heavy atom. The Hall–Kier alpha value is -3.80. The van der Waals surface area contributed by atoms with Gasteiger partial charge in [-0.15, -0.1) is 0 Å². The van der Waals surface area contributed by atoms with Gasteiger partial charge in [0.2, 0.25) is 0 Å². The van der Waals surface area contributed by atoms with Gasteiger partial charge < -0.3 is 30.6 Å². The van der Waals surface area contributed by atoms with Crippen molar-refractivity contribution in [3.63, 3.8) is 0 Å². The SMILES string of the molecule is CCC(C)c1c(O)c(O)cc2c(O)c(-c3c(C)cc4c(C(C)CC)c(O)c(O)cc4c3O)c(C)cc12. The standard InChI is InChI=1S/C30H34O6/c1-7-13(3)23-17-9-15(5)25(27(33)19(17)11-21(31)29(23)35)26-16(6)10-18-20(28(26)34)12-22(32)30(36)24(18)14(4)8-2/h9-14,31-36H,7-8H2,1-6H3. The molecule has 0 heterocycles. The third kappa shape index (κ3) is 3.63. The molecular weight excluding hydrogens is 456 g/mol. The summed E-state index contributed by atoms with van der Waals surface area (Å²) in [6.45, 7) is 11.5. The Labute approximate surface area is 210 Å². The summed E-state index contributed by atoms with van der Waals surface area (Å²) in [5.74, 6) is -1.38. The molecule has 190 valence electrons. The molecule has 0 aliphatic heterocycles. The van der Waals surface area contributed by atoms with Gasteiger partial charge in [0.15, 0.2) is 23.0 Å². The van der Waals surface area contributed by atoms with Crippen LogP contribution in [-0.2, 0) is 0 Å². The summed E-state index contributed by atoms with van der Waals surface area (Å²) in [6, 6.07) is 6.39. The van der Waals surface area contributed by atoms with Gasteiger partial charge in [0.25, 0.3) is 0 Å². The van der Waals surface area contributed by atoms with Crippen LogP contribution in [0.25, 0.3) is 32.7 Å². The van der Waals surface area contributed by atoms with Crippen LogP contribution < -0.4 is 0 Å². The monoisotopic (exact) mass is 490 g/mol. The normalized spacial score (nSPS) is 13.4. The second-order valence-electron chi connectivity index (χ2n) is 9.96. The second kappa shape index (κ2) is 9.01. The van der Waals surface area contributed by atoms with E-state index in [-0.39, 0.29) is 46.3 Å². The zero-order chi connectivity index (χ0) is 26.6. The molecule has 4 aromatic carbocycles. The fourth-order valence-electron chi connectivity index (χ4n) is 5.35. The van der Waals surface area contributed by atoms with E-state index in [1.54, 1.807) is 0 Å². The Morgan fingerprint density at radius 2 is 0.861 bits per heavy atom. The molecule has 2 unspecified atom stereocenters. The number of fused-ring (bicyclic) bond motifs is 2. The lowest BCUT2D eigenvalue weighted by Crippen LogP contribution is -1.99. The fraction of sp³-hybridized carbons (Fsp3) is 0.333. The topological polar surface area (TPSA) is 121 Å². The van der Waals surface area contributed by atoms with E-state index in [9.17, 15) is 30.6 Å². The van der Waals surface area contributed by atoms with Crippen LogP contribution in [0.15, 0.2) is 24.3 Å². The molecule has 0 fully saturated rings. The van der Waals surface area contributed by atoms with Gasteiger partial charge in [-0.1, -0.05) is 39.8 Å². The van der Waals surface area contributed by atoms with Crippen molar-refractivity contribution in [1.82, 2.24) is 0 Å². The predicted molar refractivity (Wildman–Crippen MR) is 144 cm³/mol. The average molecular weight is 491 g/mol. The van der Waals surface area contributed by atoms with E-state index in [4.69, 9.17) is 0 Å². The maximum atomic E-state index is 11.5. The van der Waals surface area contributed by atoms with Crippen LogP contribution >= 0.6 is 0 Å². The van der Waals surface area contributed by atoms with E-state index in [0.717, 1.165) is 12.8 Å². The van der Waals surface area contributed by atoms with Crippen molar-refractivity contribution >= 4 is 21.5 Å². The molecule has 4 aromatic rings. The van der Waals surface area contributed by atoms with E-state index < -0.39 is 0 Å². The van der Waals surface area contributed by atoms with Crippen molar-refractivity contribution in [2.75, 3.05) is 0 Å². The van der Waals surface area contributed by atoms with Gasteiger partial charge in [-0.25, -0.2) is 0 Å². The first kappa shape index (κ1) is 25.3. The summed E-state index contributed by atoms with van der Waals surface area (Å²) in [4.78, 5) is 0. The minimum atomic E-state index is -0.319. The molecule has 36 heavy (non-hydrogen) atoms. The van der Waals surface area contributed by atoms with Gasteiger partial charge in [-0.3, -0.25) is 0 Å². The summed E-state index contributed by atoms with van der Waals surface area (Å²) < 4.78 is 0. The first-order chi connectivity index (χ1) is 16.9. The molecule has 6 N–H and O–H groups in total. The Bertz CT molecular complexity index is 1400. The summed E-state index contributed by atoms with van der Waals surface area (Å²) >= 11 is 0. The van der Waals surface area contributed by atoms with Crippen molar-refractivity contribution in [2.45, 2.75) is 66.2 Å². The van der Waals surface area contributed by atoms with Crippen LogP contribution in [0.2, 0.25) is 0 Å². The molecule has 0 bridgehead atoms. The molecule has 4 rings (SSSR count). The molecule has 0 spiro atoms. The number of aromatic hydroxyl groups is 6. The van der Waals surface area contributed by atoms with Gasteiger partial charge in [0.1, 0.15) is 11.5 Å². The van der Waals surface area contributed by atoms with Gasteiger partial charge in [0.05, 0.1) is 0 Å². The molecule has 0 radical (unpaired) electrons. The molecular formula is C30H34O6. The Morgan fingerprint density at radius 3 is 1.17 bits per heavy atom. The smallest absolute Gasteiger partial charge is 0.161 e. The highest BCUT2D eigenvalue weighted by Crippen LogP contribution is 2.52. The summed E-state index contributed by atoms with van der Waals surface area (Å²) in [6.07, 6.45) is 1.46. The zero-order valence-electron chi connectivity index (χ0n) is 21.6. The second-order valence-corrected chi connectivity index (χ2v) is 9.96. The van der Waals surface area contributed by atoms with E-state index in [1.165, 1.54) is 12.1 Å². The first-order valence-corrected chi connectivity index (χ1v) is 12.4. The minimum absolute atomic E-state index is 0.0605. The van der Waals surface area contributed by atoms with Gasteiger partial charge in [0, 0.05) is 33.0 Å². The number of benzene rings is 4. The van der Waals surface area contributed by atoms with Crippen LogP contribution in [0.5, 0.6) is 34.5 Å². The van der Waals surface area contributed by atoms with Crippen molar-refractivity contribution in [1.29, 1.82) is 0 Å². The van der Waals surface area contributed by atoms with Gasteiger partial charge in [-0.2, -0.15) is 0 Å². The molecule has 2 atom stereocenters. The quantitative estimate of drug-likeness (QED) is 0.161. The molecule has 0 aromatic heterocycles. The molecule has 0 aliphatic rings. The Kier molecular flexibility index (Phi) is 6.33. The van der Waals surface area contributed by atoms with Crippen molar-refractivity contribution in [3.8, 4) is 45.6 Å². The minimum Gasteiger partial charge on any atom is -0.507 e. The van der Waals surface area contributed by atoms with Crippen LogP contribution in [0.3, 0.4) is 0 Å². The van der Waals surface area contributed by atoms with Gasteiger partial charge >= 0.3 is 0 Å². The molecule has 0 amide bonds. The number of rotatable bonds is 5. The Balaban J connectivity index is 2.12. The van der Waals surface area contributed by atoms with Crippen molar-refractivity contribution in [3.05, 3.63) is 46.5 Å². The van der Waals surface area contributed by atoms with Crippen molar-refractivity contribution < 1.29 is 30.6 Å². The highest BCUT2D eigenvalue weighted by Gasteiger charge is 2.26. The van der Waals surface area contributed by atoms with Crippen LogP contribution in [0, 0.1) is 13.8 Å². The number of hydrogen-bond donors (Lipinski definition) is 6. The lowest BCUT2D eigenvalue weighted by Gasteiger charge is -2.22. The van der Waals surface area contributed by atoms with Crippen LogP contribution in [-0.4, -0.2) is 30.6 Å². The van der Waals surface area contributed by atoms with Crippen molar-refractivity contribution in [2.24, 2.45) is 0 Å². The van der Waals surface area contributed by atoms with Crippen LogP contribution in [0.1, 0.15) is 74.6 Å². The molecule has 6 nitrogen and oxygen atoms in total. The van der Waals surface area contributed by atoms with Gasteiger partial charge in [-0.05, 0) is 72.6 Å². The molecule has 0 saturated carbocycles. The number of phenolic OH excluding ortho intramolecular Hbond substituents is 6. The summed E-state index contributed by atoms with van der Waals surface area (Å²) in [5.41, 5.74) is 3.29. The summed E-state index contributed by atoms with van der Waals surface area (Å²) in [5, 5.41) is 67.1. The first-order valence-electron chi connectivity index (χ1n) is 12.4. The van der Waals surface area contributed by atoms with E-state index >= 15 is 0 Å². The van der Waals surface area contributed by atoms with E-state index in [1.807, 2.05) is 53.7 Å². The summed E-state index contributed by atoms with van der Waals surface area (Å²) in [7, 11) is 0. The molecule has 6 heteroatoms. The maximum Gasteiger partial charge on any atom is 0.161 e. The zero-order valence-corrected chi connectivity index (χ0v) is 21.6. The molecule has 0 saturated heterocycles. The largest absolute Gasteiger partial charge is 0.507 e. The predicted octanol–water partition coefficient (Wildman–Crippen LogP) is 7.54. The number of phenols is 6. The van der Waals surface area contributed by atoms with Crippen LogP contribution in [0.4, 0.5) is 0 Å². The lowest BCUT2D eigenvalue weighted by atomic mass is 9.84. The fourth-order valence-corrected chi connectivity index (χ4v) is 5.35. The van der Waals surface area contributed by atoms with E-state index in [0.29, 0.717) is 54.9 Å². The third-order valence-electron chi connectivity index (χ3n) is 7.67. The number of hydrogen-bond acceptors (Lipinski definition) is 6. The third-order valence-corrected chi connectivity index (χ3v) is 7.67. The number of aryl methyl sites for hydroxylation is 2. The maximum absolute atomic E-state index is 11.5. The lowest BCUT2D eigenvalue weighted by molar-refractivity contribution is 0.397. The highest BCUT2D eigenvalue weighted by molar-refractivity contribution is 6.06. The molecule has 0 aliphatic carbocycles.